The lowest BCUT2D eigenvalue weighted by atomic mass is 9.98. The van der Waals surface area contributed by atoms with Gasteiger partial charge in [-0.1, -0.05) is 18.6 Å². The zero-order valence-electron chi connectivity index (χ0n) is 10.9. The summed E-state index contributed by atoms with van der Waals surface area (Å²) in [6.45, 7) is 1.99. The Morgan fingerprint density at radius 1 is 1.28 bits per heavy atom. The Morgan fingerprint density at radius 2 is 2.06 bits per heavy atom. The number of benzene rings is 1. The molecule has 3 nitrogen and oxygen atoms in total. The molecule has 0 atom stereocenters. The van der Waals surface area contributed by atoms with Gasteiger partial charge in [-0.05, 0) is 50.3 Å². The zero-order valence-corrected chi connectivity index (χ0v) is 10.9. The van der Waals surface area contributed by atoms with Gasteiger partial charge in [-0.3, -0.25) is 0 Å². The Kier molecular flexibility index (Phi) is 4.62. The molecule has 1 aliphatic rings. The van der Waals surface area contributed by atoms with Crippen molar-refractivity contribution in [2.24, 2.45) is 0 Å². The summed E-state index contributed by atoms with van der Waals surface area (Å²) in [5.74, 6) is 0.457. The molecule has 18 heavy (non-hydrogen) atoms. The first-order valence-electron chi connectivity index (χ1n) is 6.63. The summed E-state index contributed by atoms with van der Waals surface area (Å²) >= 11 is 0. The van der Waals surface area contributed by atoms with E-state index in [0.717, 1.165) is 37.0 Å². The summed E-state index contributed by atoms with van der Waals surface area (Å²) in [6, 6.07) is 7.67. The van der Waals surface area contributed by atoms with Crippen LogP contribution in [0.1, 0.15) is 37.7 Å². The van der Waals surface area contributed by atoms with E-state index in [1.807, 2.05) is 31.2 Å². The number of carbonyl (C=O) groups is 1. The number of carbonyl (C=O) groups excluding carboxylic acids is 1. The van der Waals surface area contributed by atoms with Crippen molar-refractivity contribution >= 4 is 5.97 Å². The molecule has 2 rings (SSSR count). The molecule has 0 heterocycles. The molecule has 0 spiro atoms. The predicted octanol–water partition coefficient (Wildman–Crippen LogP) is 3.25. The molecular weight excluding hydrogens is 228 g/mol. The van der Waals surface area contributed by atoms with Crippen LogP contribution < -0.4 is 4.74 Å². The number of rotatable bonds is 4. The Morgan fingerprint density at radius 3 is 2.78 bits per heavy atom. The molecule has 0 bridgehead atoms. The fourth-order valence-corrected chi connectivity index (χ4v) is 2.25. The van der Waals surface area contributed by atoms with Crippen molar-refractivity contribution in [1.29, 1.82) is 0 Å². The maximum Gasteiger partial charge on any atom is 0.344 e. The van der Waals surface area contributed by atoms with Crippen molar-refractivity contribution in [3.8, 4) is 5.75 Å². The van der Waals surface area contributed by atoms with Crippen molar-refractivity contribution in [3.63, 3.8) is 0 Å². The summed E-state index contributed by atoms with van der Waals surface area (Å²) in [5.41, 5.74) is 1.12. The van der Waals surface area contributed by atoms with Gasteiger partial charge in [-0.25, -0.2) is 4.79 Å². The maximum absolute atomic E-state index is 11.6. The molecule has 0 unspecified atom stereocenters. The molecule has 0 aromatic heterocycles. The Balaban J connectivity index is 1.74. The molecule has 0 N–H and O–H groups in total. The molecule has 0 saturated heterocycles. The van der Waals surface area contributed by atoms with Gasteiger partial charge < -0.3 is 9.47 Å². The third-order valence-corrected chi connectivity index (χ3v) is 3.20. The van der Waals surface area contributed by atoms with E-state index in [1.54, 1.807) is 0 Å². The SMILES string of the molecule is Cc1cccc(OCC(=O)OC2CCCCC2)c1. The van der Waals surface area contributed by atoms with E-state index in [0.29, 0.717) is 0 Å². The van der Waals surface area contributed by atoms with E-state index in [-0.39, 0.29) is 18.7 Å². The van der Waals surface area contributed by atoms with E-state index in [2.05, 4.69) is 0 Å². The molecule has 98 valence electrons. The second kappa shape index (κ2) is 6.43. The highest BCUT2D eigenvalue weighted by atomic mass is 16.6. The molecule has 1 aliphatic carbocycles. The quantitative estimate of drug-likeness (QED) is 0.767. The Labute approximate surface area is 108 Å². The highest BCUT2D eigenvalue weighted by molar-refractivity contribution is 5.71. The monoisotopic (exact) mass is 248 g/mol. The van der Waals surface area contributed by atoms with Gasteiger partial charge in [0.15, 0.2) is 6.61 Å². The lowest BCUT2D eigenvalue weighted by Gasteiger charge is -2.21. The topological polar surface area (TPSA) is 35.5 Å². The smallest absolute Gasteiger partial charge is 0.344 e. The maximum atomic E-state index is 11.6. The highest BCUT2D eigenvalue weighted by Crippen LogP contribution is 2.20. The second-order valence-corrected chi connectivity index (χ2v) is 4.86. The number of hydrogen-bond donors (Lipinski definition) is 0. The molecule has 1 fully saturated rings. The first kappa shape index (κ1) is 12.9. The van der Waals surface area contributed by atoms with E-state index >= 15 is 0 Å². The van der Waals surface area contributed by atoms with Crippen LogP contribution in [0.25, 0.3) is 0 Å². The lowest BCUT2D eigenvalue weighted by molar-refractivity contribution is -0.152. The van der Waals surface area contributed by atoms with E-state index < -0.39 is 0 Å². The third kappa shape index (κ3) is 4.06. The number of ether oxygens (including phenoxy) is 2. The van der Waals surface area contributed by atoms with Crippen molar-refractivity contribution < 1.29 is 14.3 Å². The normalized spacial score (nSPS) is 16.3. The fraction of sp³-hybridized carbons (Fsp3) is 0.533. The Hall–Kier alpha value is -1.51. The summed E-state index contributed by atoms with van der Waals surface area (Å²) in [5, 5.41) is 0. The fourth-order valence-electron chi connectivity index (χ4n) is 2.25. The highest BCUT2D eigenvalue weighted by Gasteiger charge is 2.17. The Bertz CT molecular complexity index is 394. The van der Waals surface area contributed by atoms with Gasteiger partial charge in [-0.2, -0.15) is 0 Å². The summed E-state index contributed by atoms with van der Waals surface area (Å²) < 4.78 is 10.8. The summed E-state index contributed by atoms with van der Waals surface area (Å²) in [4.78, 5) is 11.6. The zero-order chi connectivity index (χ0) is 12.8. The van der Waals surface area contributed by atoms with Gasteiger partial charge in [0, 0.05) is 0 Å². The molecule has 1 aromatic rings. The summed E-state index contributed by atoms with van der Waals surface area (Å²) in [6.07, 6.45) is 5.68. The van der Waals surface area contributed by atoms with Gasteiger partial charge in [0.05, 0.1) is 0 Å². The number of aryl methyl sites for hydroxylation is 1. The third-order valence-electron chi connectivity index (χ3n) is 3.20. The average Bonchev–Trinajstić information content (AvgIpc) is 2.38. The second-order valence-electron chi connectivity index (χ2n) is 4.86. The van der Waals surface area contributed by atoms with Crippen LogP contribution in [0.5, 0.6) is 5.75 Å². The van der Waals surface area contributed by atoms with Gasteiger partial charge >= 0.3 is 5.97 Å². The van der Waals surface area contributed by atoms with Crippen LogP contribution in [-0.4, -0.2) is 18.7 Å². The van der Waals surface area contributed by atoms with Crippen LogP contribution >= 0.6 is 0 Å². The predicted molar refractivity (Wildman–Crippen MR) is 69.6 cm³/mol. The largest absolute Gasteiger partial charge is 0.482 e. The standard InChI is InChI=1S/C15H20O3/c1-12-6-5-9-14(10-12)17-11-15(16)18-13-7-3-2-4-8-13/h5-6,9-10,13H,2-4,7-8,11H2,1H3. The van der Waals surface area contributed by atoms with Gasteiger partial charge in [0.2, 0.25) is 0 Å². The van der Waals surface area contributed by atoms with E-state index in [9.17, 15) is 4.79 Å². The molecule has 0 aliphatic heterocycles. The molecule has 0 amide bonds. The van der Waals surface area contributed by atoms with Crippen LogP contribution in [-0.2, 0) is 9.53 Å². The minimum atomic E-state index is -0.261. The van der Waals surface area contributed by atoms with Crippen molar-refractivity contribution in [1.82, 2.24) is 0 Å². The van der Waals surface area contributed by atoms with Crippen LogP contribution in [0.3, 0.4) is 0 Å². The van der Waals surface area contributed by atoms with Crippen molar-refractivity contribution in [2.75, 3.05) is 6.61 Å². The molecule has 1 aromatic carbocycles. The average molecular weight is 248 g/mol. The number of esters is 1. The van der Waals surface area contributed by atoms with E-state index in [1.165, 1.54) is 6.42 Å². The number of hydrogen-bond acceptors (Lipinski definition) is 3. The van der Waals surface area contributed by atoms with E-state index in [4.69, 9.17) is 9.47 Å². The molecule has 1 saturated carbocycles. The first-order chi connectivity index (χ1) is 8.74. The first-order valence-corrected chi connectivity index (χ1v) is 6.63. The van der Waals surface area contributed by atoms with Crippen LogP contribution in [0.2, 0.25) is 0 Å². The summed E-state index contributed by atoms with van der Waals surface area (Å²) in [7, 11) is 0. The minimum absolute atomic E-state index is 0.0000463. The molecule has 0 radical (unpaired) electrons. The van der Waals surface area contributed by atoms with Gasteiger partial charge in [0.25, 0.3) is 0 Å². The minimum Gasteiger partial charge on any atom is -0.482 e. The van der Waals surface area contributed by atoms with Gasteiger partial charge in [-0.15, -0.1) is 0 Å². The van der Waals surface area contributed by atoms with Crippen molar-refractivity contribution in [3.05, 3.63) is 29.8 Å². The molecular formula is C15H20O3. The molecule has 3 heteroatoms. The van der Waals surface area contributed by atoms with Crippen LogP contribution in [0, 0.1) is 6.92 Å². The van der Waals surface area contributed by atoms with Crippen molar-refractivity contribution in [2.45, 2.75) is 45.1 Å². The van der Waals surface area contributed by atoms with Crippen LogP contribution in [0.15, 0.2) is 24.3 Å². The lowest BCUT2D eigenvalue weighted by Crippen LogP contribution is -2.24. The van der Waals surface area contributed by atoms with Gasteiger partial charge in [0.1, 0.15) is 11.9 Å². The van der Waals surface area contributed by atoms with Crippen LogP contribution in [0.4, 0.5) is 0 Å².